The number of carboxylic acid groups (broad SMARTS) is 1. The number of hydrogen-bond acceptors (Lipinski definition) is 5. The Hall–Kier alpha value is -2.74. The van der Waals surface area contributed by atoms with Crippen molar-refractivity contribution in [3.63, 3.8) is 0 Å². The minimum absolute atomic E-state index is 0.00546. The molecule has 0 bridgehead atoms. The number of H-pyrrole nitrogens is 1. The SMILES string of the molecule is CC(=O)N(c1nc(-c2nc3ccc(C(=O)O)cc3[nH]2)cs1)C1CC1. The first-order valence-electron chi connectivity index (χ1n) is 7.51. The third kappa shape index (κ3) is 2.54. The Morgan fingerprint density at radius 2 is 2.12 bits per heavy atom. The number of carbonyl (C=O) groups excluding carboxylic acids is 1. The van der Waals surface area contributed by atoms with Crippen molar-refractivity contribution in [1.82, 2.24) is 15.0 Å². The Bertz CT molecular complexity index is 957. The molecule has 0 atom stereocenters. The van der Waals surface area contributed by atoms with Crippen molar-refractivity contribution >= 4 is 39.4 Å². The van der Waals surface area contributed by atoms with Gasteiger partial charge in [-0.05, 0) is 31.0 Å². The van der Waals surface area contributed by atoms with E-state index in [0.717, 1.165) is 12.8 Å². The molecule has 2 aromatic heterocycles. The van der Waals surface area contributed by atoms with Gasteiger partial charge in [0.2, 0.25) is 5.91 Å². The monoisotopic (exact) mass is 342 g/mol. The Morgan fingerprint density at radius 3 is 2.79 bits per heavy atom. The molecule has 2 N–H and O–H groups in total. The average Bonchev–Trinajstić information content (AvgIpc) is 3.09. The van der Waals surface area contributed by atoms with E-state index in [4.69, 9.17) is 5.11 Å². The maximum atomic E-state index is 11.8. The van der Waals surface area contributed by atoms with Crippen molar-refractivity contribution < 1.29 is 14.7 Å². The zero-order valence-electron chi connectivity index (χ0n) is 12.8. The van der Waals surface area contributed by atoms with Gasteiger partial charge in [0.05, 0.1) is 16.6 Å². The van der Waals surface area contributed by atoms with Crippen LogP contribution >= 0.6 is 11.3 Å². The molecule has 1 amide bonds. The number of benzene rings is 1. The fraction of sp³-hybridized carbons (Fsp3) is 0.250. The van der Waals surface area contributed by atoms with Gasteiger partial charge in [0.25, 0.3) is 0 Å². The quantitative estimate of drug-likeness (QED) is 0.759. The van der Waals surface area contributed by atoms with Gasteiger partial charge in [-0.25, -0.2) is 14.8 Å². The molecule has 1 aliphatic rings. The molecule has 3 aromatic rings. The second-order valence-corrected chi connectivity index (χ2v) is 6.59. The minimum Gasteiger partial charge on any atom is -0.478 e. The molecule has 1 aliphatic carbocycles. The summed E-state index contributed by atoms with van der Waals surface area (Å²) in [5.41, 5.74) is 2.17. The lowest BCUT2D eigenvalue weighted by atomic mass is 10.2. The number of hydrogen-bond donors (Lipinski definition) is 2. The van der Waals surface area contributed by atoms with Gasteiger partial charge >= 0.3 is 5.97 Å². The molecule has 8 heteroatoms. The van der Waals surface area contributed by atoms with E-state index in [2.05, 4.69) is 15.0 Å². The molecule has 1 saturated carbocycles. The van der Waals surface area contributed by atoms with Gasteiger partial charge < -0.3 is 10.1 Å². The van der Waals surface area contributed by atoms with Gasteiger partial charge in [-0.2, -0.15) is 0 Å². The molecule has 7 nitrogen and oxygen atoms in total. The molecule has 0 radical (unpaired) electrons. The van der Waals surface area contributed by atoms with Crippen molar-refractivity contribution in [2.24, 2.45) is 0 Å². The number of carbonyl (C=O) groups is 2. The summed E-state index contributed by atoms with van der Waals surface area (Å²) in [6, 6.07) is 4.99. The van der Waals surface area contributed by atoms with Crippen LogP contribution in [0.1, 0.15) is 30.1 Å². The van der Waals surface area contributed by atoms with Gasteiger partial charge in [-0.1, -0.05) is 0 Å². The number of thiazole rings is 1. The van der Waals surface area contributed by atoms with E-state index in [1.54, 1.807) is 24.0 Å². The van der Waals surface area contributed by atoms with Gasteiger partial charge in [0, 0.05) is 18.3 Å². The van der Waals surface area contributed by atoms with Crippen LogP contribution in [0.5, 0.6) is 0 Å². The molecule has 122 valence electrons. The number of anilines is 1. The Labute approximate surface area is 141 Å². The molecule has 0 saturated heterocycles. The Balaban J connectivity index is 1.70. The van der Waals surface area contributed by atoms with Gasteiger partial charge in [-0.3, -0.25) is 9.69 Å². The number of aromatic carboxylic acids is 1. The molecule has 24 heavy (non-hydrogen) atoms. The number of rotatable bonds is 4. The fourth-order valence-electron chi connectivity index (χ4n) is 2.63. The van der Waals surface area contributed by atoms with Crippen LogP contribution in [0.25, 0.3) is 22.6 Å². The van der Waals surface area contributed by atoms with Gasteiger partial charge in [0.1, 0.15) is 5.69 Å². The van der Waals surface area contributed by atoms with E-state index in [-0.39, 0.29) is 17.5 Å². The van der Waals surface area contributed by atoms with Crippen LogP contribution in [-0.2, 0) is 4.79 Å². The molecule has 0 aliphatic heterocycles. The third-order valence-corrected chi connectivity index (χ3v) is 4.76. The highest BCUT2D eigenvalue weighted by atomic mass is 32.1. The van der Waals surface area contributed by atoms with E-state index >= 15 is 0 Å². The van der Waals surface area contributed by atoms with Crippen LogP contribution in [0, 0.1) is 0 Å². The van der Waals surface area contributed by atoms with Crippen LogP contribution in [0.2, 0.25) is 0 Å². The lowest BCUT2D eigenvalue weighted by molar-refractivity contribution is -0.116. The summed E-state index contributed by atoms with van der Waals surface area (Å²) < 4.78 is 0. The van der Waals surface area contributed by atoms with E-state index in [1.165, 1.54) is 17.4 Å². The zero-order valence-corrected chi connectivity index (χ0v) is 13.6. The van der Waals surface area contributed by atoms with Crippen molar-refractivity contribution in [2.45, 2.75) is 25.8 Å². The van der Waals surface area contributed by atoms with Crippen LogP contribution in [-0.4, -0.2) is 38.0 Å². The largest absolute Gasteiger partial charge is 0.478 e. The molecule has 1 aromatic carbocycles. The smallest absolute Gasteiger partial charge is 0.335 e. The Kier molecular flexibility index (Phi) is 3.34. The topological polar surface area (TPSA) is 99.2 Å². The number of nitrogens with zero attached hydrogens (tertiary/aromatic N) is 3. The number of amides is 1. The number of aromatic nitrogens is 3. The Morgan fingerprint density at radius 1 is 1.33 bits per heavy atom. The summed E-state index contributed by atoms with van der Waals surface area (Å²) in [5.74, 6) is -0.422. The normalized spacial score (nSPS) is 14.0. The zero-order chi connectivity index (χ0) is 16.8. The lowest BCUT2D eigenvalue weighted by Crippen LogP contribution is -2.30. The fourth-order valence-corrected chi connectivity index (χ4v) is 3.55. The van der Waals surface area contributed by atoms with Crippen molar-refractivity contribution in [2.75, 3.05) is 4.90 Å². The van der Waals surface area contributed by atoms with Crippen molar-refractivity contribution in [3.8, 4) is 11.5 Å². The molecule has 2 heterocycles. The maximum absolute atomic E-state index is 11.8. The summed E-state index contributed by atoms with van der Waals surface area (Å²) in [6.07, 6.45) is 2.02. The molecular weight excluding hydrogens is 328 g/mol. The first kappa shape index (κ1) is 14.8. The minimum atomic E-state index is -0.981. The van der Waals surface area contributed by atoms with Gasteiger partial charge in [0.15, 0.2) is 11.0 Å². The van der Waals surface area contributed by atoms with Crippen molar-refractivity contribution in [1.29, 1.82) is 0 Å². The first-order chi connectivity index (χ1) is 11.5. The summed E-state index contributed by atoms with van der Waals surface area (Å²) in [5, 5.41) is 11.6. The summed E-state index contributed by atoms with van der Waals surface area (Å²) in [6.45, 7) is 1.55. The predicted octanol–water partition coefficient (Wildman–Crippen LogP) is 2.90. The lowest BCUT2D eigenvalue weighted by Gasteiger charge is -2.16. The number of aromatic amines is 1. The molecule has 4 rings (SSSR count). The number of imidazole rings is 1. The highest BCUT2D eigenvalue weighted by molar-refractivity contribution is 7.14. The van der Waals surface area contributed by atoms with E-state index in [0.29, 0.717) is 27.7 Å². The van der Waals surface area contributed by atoms with E-state index in [9.17, 15) is 9.59 Å². The number of fused-ring (bicyclic) bond motifs is 1. The van der Waals surface area contributed by atoms with Crippen LogP contribution in [0.3, 0.4) is 0 Å². The molecule has 0 spiro atoms. The van der Waals surface area contributed by atoms with Crippen LogP contribution in [0.15, 0.2) is 23.6 Å². The highest BCUT2D eigenvalue weighted by Gasteiger charge is 2.33. The second-order valence-electron chi connectivity index (χ2n) is 5.76. The summed E-state index contributed by atoms with van der Waals surface area (Å²) in [4.78, 5) is 36.7. The summed E-state index contributed by atoms with van der Waals surface area (Å²) in [7, 11) is 0. The first-order valence-corrected chi connectivity index (χ1v) is 8.39. The van der Waals surface area contributed by atoms with Crippen molar-refractivity contribution in [3.05, 3.63) is 29.1 Å². The standard InChI is InChI=1S/C16H14N4O3S/c1-8(21)20(10-3-4-10)16-19-13(7-24-16)14-17-11-5-2-9(15(22)23)6-12(11)18-14/h2,5-7,10H,3-4H2,1H3,(H,17,18)(H,22,23). The predicted molar refractivity (Wildman–Crippen MR) is 90.3 cm³/mol. The second kappa shape index (κ2) is 5.41. The number of nitrogens with one attached hydrogen (secondary N) is 1. The van der Waals surface area contributed by atoms with Crippen LogP contribution in [0.4, 0.5) is 5.13 Å². The molecular formula is C16H14N4O3S. The van der Waals surface area contributed by atoms with E-state index in [1.807, 2.05) is 5.38 Å². The average molecular weight is 342 g/mol. The maximum Gasteiger partial charge on any atom is 0.335 e. The van der Waals surface area contributed by atoms with Gasteiger partial charge in [-0.15, -0.1) is 11.3 Å². The highest BCUT2D eigenvalue weighted by Crippen LogP contribution is 2.35. The van der Waals surface area contributed by atoms with E-state index < -0.39 is 5.97 Å². The number of carboxylic acids is 1. The third-order valence-electron chi connectivity index (χ3n) is 3.92. The molecule has 1 fully saturated rings. The molecule has 0 unspecified atom stereocenters. The van der Waals surface area contributed by atoms with Crippen LogP contribution < -0.4 is 4.90 Å². The summed E-state index contributed by atoms with van der Waals surface area (Å²) >= 11 is 1.41.